The van der Waals surface area contributed by atoms with Crippen molar-refractivity contribution in [2.45, 2.75) is 70.2 Å². The second-order valence-corrected chi connectivity index (χ2v) is 8.68. The molecule has 8 heteroatoms. The van der Waals surface area contributed by atoms with E-state index in [9.17, 15) is 14.7 Å². The van der Waals surface area contributed by atoms with Crippen LogP contribution in [0.4, 0.5) is 10.5 Å². The van der Waals surface area contributed by atoms with E-state index >= 15 is 0 Å². The zero-order valence-corrected chi connectivity index (χ0v) is 16.4. The van der Waals surface area contributed by atoms with Crippen molar-refractivity contribution in [3.8, 4) is 0 Å². The fourth-order valence-corrected chi connectivity index (χ4v) is 4.44. The third-order valence-electron chi connectivity index (χ3n) is 5.50. The molecule has 1 amide bonds. The van der Waals surface area contributed by atoms with Crippen molar-refractivity contribution in [2.75, 3.05) is 5.32 Å². The van der Waals surface area contributed by atoms with Crippen LogP contribution in [0.1, 0.15) is 56.8 Å². The lowest BCUT2D eigenvalue weighted by molar-refractivity contribution is 0.00683. The summed E-state index contributed by atoms with van der Waals surface area (Å²) in [5.41, 5.74) is 0.892. The first-order valence-electron chi connectivity index (χ1n) is 9.70. The molecule has 3 atom stereocenters. The molecule has 2 aliphatic rings. The lowest BCUT2D eigenvalue weighted by Crippen LogP contribution is -2.51. The molecule has 0 spiro atoms. The van der Waals surface area contributed by atoms with Crippen LogP contribution in [0.25, 0.3) is 11.0 Å². The van der Waals surface area contributed by atoms with E-state index in [1.54, 1.807) is 6.20 Å². The molecule has 3 N–H and O–H groups in total. The number of carbonyl (C=O) groups excluding carboxylic acids is 1. The number of piperidine rings is 1. The molecule has 2 saturated heterocycles. The molecule has 0 aliphatic carbocycles. The van der Waals surface area contributed by atoms with E-state index in [1.165, 1.54) is 6.20 Å². The highest BCUT2D eigenvalue weighted by Gasteiger charge is 2.45. The van der Waals surface area contributed by atoms with E-state index < -0.39 is 11.6 Å². The van der Waals surface area contributed by atoms with Gasteiger partial charge in [-0.1, -0.05) is 0 Å². The standard InChI is InChI=1S/C20H26N4O4/c1-20(2,3)28-19(27)24-12-4-5-13(24)9-11(8-12)23-16-14-6-7-21-17(14)22-10-15(16)18(25)26/h6-7,10-13H,4-5,8-9H2,1-3H3,(H,25,26)(H2,21,22,23)/t11-,12-,13+. The molecular formula is C20H26N4O4. The van der Waals surface area contributed by atoms with Crippen molar-refractivity contribution in [2.24, 2.45) is 0 Å². The molecular weight excluding hydrogens is 360 g/mol. The van der Waals surface area contributed by atoms with Crippen LogP contribution in [0, 0.1) is 0 Å². The minimum atomic E-state index is -1.01. The Morgan fingerprint density at radius 3 is 2.57 bits per heavy atom. The number of hydrogen-bond donors (Lipinski definition) is 3. The van der Waals surface area contributed by atoms with Crippen LogP contribution in [-0.4, -0.2) is 55.8 Å². The van der Waals surface area contributed by atoms with Crippen LogP contribution in [0.3, 0.4) is 0 Å². The summed E-state index contributed by atoms with van der Waals surface area (Å²) in [5.74, 6) is -1.01. The van der Waals surface area contributed by atoms with Gasteiger partial charge < -0.3 is 25.0 Å². The molecule has 4 heterocycles. The lowest BCUT2D eigenvalue weighted by Gasteiger charge is -2.40. The number of rotatable bonds is 3. The lowest BCUT2D eigenvalue weighted by atomic mass is 9.97. The van der Waals surface area contributed by atoms with Gasteiger partial charge >= 0.3 is 12.1 Å². The molecule has 4 rings (SSSR count). The van der Waals surface area contributed by atoms with Crippen LogP contribution in [0.15, 0.2) is 18.5 Å². The molecule has 0 radical (unpaired) electrons. The van der Waals surface area contributed by atoms with E-state index in [0.717, 1.165) is 31.1 Å². The van der Waals surface area contributed by atoms with Gasteiger partial charge in [0.05, 0.1) is 5.69 Å². The smallest absolute Gasteiger partial charge is 0.410 e. The Hall–Kier alpha value is -2.77. The molecule has 2 bridgehead atoms. The van der Waals surface area contributed by atoms with Gasteiger partial charge in [0.15, 0.2) is 0 Å². The van der Waals surface area contributed by atoms with Gasteiger partial charge in [-0.3, -0.25) is 0 Å². The van der Waals surface area contributed by atoms with Crippen molar-refractivity contribution in [1.29, 1.82) is 0 Å². The number of aromatic amines is 1. The maximum Gasteiger partial charge on any atom is 0.410 e. The van der Waals surface area contributed by atoms with Crippen LogP contribution in [0.5, 0.6) is 0 Å². The van der Waals surface area contributed by atoms with Gasteiger partial charge in [-0.2, -0.15) is 0 Å². The number of carboxylic acid groups (broad SMARTS) is 1. The SMILES string of the molecule is CC(C)(C)OC(=O)N1[C@@H]2CC[C@H]1C[C@H](Nc1c(C(=O)O)cnc3[nH]ccc13)C2. The molecule has 0 saturated carbocycles. The number of pyridine rings is 1. The molecule has 28 heavy (non-hydrogen) atoms. The van der Waals surface area contributed by atoms with Crippen molar-refractivity contribution in [3.05, 3.63) is 24.0 Å². The van der Waals surface area contributed by atoms with Gasteiger partial charge in [-0.25, -0.2) is 14.6 Å². The number of anilines is 1. The number of aromatic nitrogens is 2. The first-order valence-corrected chi connectivity index (χ1v) is 9.70. The maximum absolute atomic E-state index is 12.6. The second kappa shape index (κ2) is 6.68. The molecule has 150 valence electrons. The third kappa shape index (κ3) is 3.39. The predicted molar refractivity (Wildman–Crippen MR) is 105 cm³/mol. The molecule has 8 nitrogen and oxygen atoms in total. The van der Waals surface area contributed by atoms with E-state index in [4.69, 9.17) is 4.74 Å². The zero-order valence-electron chi connectivity index (χ0n) is 16.4. The monoisotopic (exact) mass is 386 g/mol. The molecule has 0 unspecified atom stereocenters. The number of hydrogen-bond acceptors (Lipinski definition) is 5. The third-order valence-corrected chi connectivity index (χ3v) is 5.50. The summed E-state index contributed by atoms with van der Waals surface area (Å²) in [6.45, 7) is 5.63. The minimum Gasteiger partial charge on any atom is -0.478 e. The quantitative estimate of drug-likeness (QED) is 0.744. The van der Waals surface area contributed by atoms with E-state index in [-0.39, 0.29) is 29.8 Å². The number of aromatic carboxylic acids is 1. The van der Waals surface area contributed by atoms with Gasteiger partial charge in [0, 0.05) is 35.9 Å². The van der Waals surface area contributed by atoms with Gasteiger partial charge in [-0.15, -0.1) is 0 Å². The Morgan fingerprint density at radius 2 is 1.96 bits per heavy atom. The Kier molecular flexibility index (Phi) is 4.44. The Morgan fingerprint density at radius 1 is 1.29 bits per heavy atom. The minimum absolute atomic E-state index is 0.0924. The summed E-state index contributed by atoms with van der Waals surface area (Å²) in [7, 11) is 0. The number of ether oxygens (including phenoxy) is 1. The predicted octanol–water partition coefficient (Wildman–Crippen LogP) is 3.60. The van der Waals surface area contributed by atoms with Crippen LogP contribution >= 0.6 is 0 Å². The highest BCUT2D eigenvalue weighted by Crippen LogP contribution is 2.39. The molecule has 2 fully saturated rings. The molecule has 2 aliphatic heterocycles. The van der Waals surface area contributed by atoms with Crippen LogP contribution in [-0.2, 0) is 4.74 Å². The number of carboxylic acids is 1. The first-order chi connectivity index (χ1) is 13.2. The number of amides is 1. The zero-order chi connectivity index (χ0) is 20.1. The first kappa shape index (κ1) is 18.6. The highest BCUT2D eigenvalue weighted by molar-refractivity contribution is 6.03. The fourth-order valence-electron chi connectivity index (χ4n) is 4.44. The Balaban J connectivity index is 1.54. The summed E-state index contributed by atoms with van der Waals surface area (Å²) < 4.78 is 5.59. The number of nitrogens with one attached hydrogen (secondary N) is 2. The number of fused-ring (bicyclic) bond motifs is 3. The van der Waals surface area contributed by atoms with Crippen molar-refractivity contribution < 1.29 is 19.4 Å². The number of H-pyrrole nitrogens is 1. The average Bonchev–Trinajstić information content (AvgIpc) is 3.16. The largest absolute Gasteiger partial charge is 0.478 e. The van der Waals surface area contributed by atoms with Crippen molar-refractivity contribution in [1.82, 2.24) is 14.9 Å². The van der Waals surface area contributed by atoms with Crippen molar-refractivity contribution in [3.63, 3.8) is 0 Å². The summed E-state index contributed by atoms with van der Waals surface area (Å²) in [6, 6.07) is 2.15. The normalized spacial score (nSPS) is 24.4. The van der Waals surface area contributed by atoms with Gasteiger partial charge in [-0.05, 0) is 52.5 Å². The van der Waals surface area contributed by atoms with Gasteiger partial charge in [0.2, 0.25) is 0 Å². The van der Waals surface area contributed by atoms with Crippen LogP contribution < -0.4 is 5.32 Å². The molecule has 0 aromatic carbocycles. The maximum atomic E-state index is 12.6. The Labute approximate surface area is 163 Å². The number of carbonyl (C=O) groups is 2. The van der Waals surface area contributed by atoms with Gasteiger partial charge in [0.1, 0.15) is 16.8 Å². The highest BCUT2D eigenvalue weighted by atomic mass is 16.6. The topological polar surface area (TPSA) is 108 Å². The molecule has 2 aromatic rings. The van der Waals surface area contributed by atoms with E-state index in [1.807, 2.05) is 31.7 Å². The molecule has 2 aromatic heterocycles. The van der Waals surface area contributed by atoms with Crippen molar-refractivity contribution >= 4 is 28.8 Å². The van der Waals surface area contributed by atoms with E-state index in [2.05, 4.69) is 15.3 Å². The summed E-state index contributed by atoms with van der Waals surface area (Å²) >= 11 is 0. The average molecular weight is 386 g/mol. The van der Waals surface area contributed by atoms with Gasteiger partial charge in [0.25, 0.3) is 0 Å². The fraction of sp³-hybridized carbons (Fsp3) is 0.550. The summed E-state index contributed by atoms with van der Waals surface area (Å²) in [6.07, 6.45) is 6.32. The van der Waals surface area contributed by atoms with Crippen LogP contribution in [0.2, 0.25) is 0 Å². The second-order valence-electron chi connectivity index (χ2n) is 8.68. The van der Waals surface area contributed by atoms with E-state index in [0.29, 0.717) is 11.3 Å². The summed E-state index contributed by atoms with van der Waals surface area (Å²) in [4.78, 5) is 33.4. The number of nitrogens with zero attached hydrogens (tertiary/aromatic N) is 2. The Bertz CT molecular complexity index is 903. The summed E-state index contributed by atoms with van der Waals surface area (Å²) in [5, 5.41) is 13.8.